The van der Waals surface area contributed by atoms with Gasteiger partial charge in [-0.3, -0.25) is 4.79 Å². The Morgan fingerprint density at radius 2 is 2.11 bits per heavy atom. The Labute approximate surface area is 154 Å². The second-order valence-corrected chi connectivity index (χ2v) is 6.64. The predicted molar refractivity (Wildman–Crippen MR) is 93.6 cm³/mol. The minimum Gasteiger partial charge on any atom is -0.384 e. The molecular formula is C18H21F3N4O2. The van der Waals surface area contributed by atoms with Crippen LogP contribution in [0, 0.1) is 5.41 Å². The molecule has 0 unspecified atom stereocenters. The molecule has 1 aliphatic rings. The van der Waals surface area contributed by atoms with Gasteiger partial charge in [0, 0.05) is 7.11 Å². The molecule has 1 aliphatic heterocycles. The molecule has 0 spiro atoms. The minimum atomic E-state index is -4.43. The van der Waals surface area contributed by atoms with Gasteiger partial charge in [-0.15, -0.1) is 0 Å². The molecule has 1 saturated heterocycles. The zero-order valence-corrected chi connectivity index (χ0v) is 14.8. The van der Waals surface area contributed by atoms with Crippen LogP contribution in [0.1, 0.15) is 18.4 Å². The topological polar surface area (TPSA) is 68.2 Å². The largest absolute Gasteiger partial charge is 0.416 e. The number of carbonyl (C=O) groups excluding carboxylic acids is 1. The number of carbonyl (C=O) groups is 1. The molecule has 0 saturated carbocycles. The average Bonchev–Trinajstić information content (AvgIpc) is 3.11. The van der Waals surface area contributed by atoms with Gasteiger partial charge >= 0.3 is 6.18 Å². The van der Waals surface area contributed by atoms with E-state index >= 15 is 0 Å². The van der Waals surface area contributed by atoms with Crippen LogP contribution in [0.25, 0.3) is 5.69 Å². The van der Waals surface area contributed by atoms with Gasteiger partial charge in [0.2, 0.25) is 5.91 Å². The van der Waals surface area contributed by atoms with Gasteiger partial charge in [-0.05, 0) is 44.1 Å². The summed E-state index contributed by atoms with van der Waals surface area (Å²) in [5, 5.41) is 10.1. The van der Waals surface area contributed by atoms with Gasteiger partial charge in [0.05, 0.1) is 41.4 Å². The summed E-state index contributed by atoms with van der Waals surface area (Å²) in [7, 11) is 1.56. The highest BCUT2D eigenvalue weighted by molar-refractivity contribution is 5.95. The molecule has 0 radical (unpaired) electrons. The molecule has 2 N–H and O–H groups in total. The summed E-state index contributed by atoms with van der Waals surface area (Å²) in [6, 6.07) is 4.85. The van der Waals surface area contributed by atoms with Crippen LogP contribution < -0.4 is 10.6 Å². The zero-order chi connectivity index (χ0) is 19.5. The smallest absolute Gasteiger partial charge is 0.384 e. The van der Waals surface area contributed by atoms with Crippen molar-refractivity contribution in [1.82, 2.24) is 15.1 Å². The van der Waals surface area contributed by atoms with E-state index in [1.54, 1.807) is 7.11 Å². The van der Waals surface area contributed by atoms with Crippen LogP contribution in [-0.2, 0) is 15.7 Å². The Hall–Kier alpha value is -2.39. The highest BCUT2D eigenvalue weighted by atomic mass is 19.4. The van der Waals surface area contributed by atoms with Crippen LogP contribution in [0.4, 0.5) is 18.9 Å². The van der Waals surface area contributed by atoms with E-state index in [0.29, 0.717) is 25.1 Å². The van der Waals surface area contributed by atoms with Gasteiger partial charge < -0.3 is 15.4 Å². The first kappa shape index (κ1) is 19.4. The lowest BCUT2D eigenvalue weighted by Crippen LogP contribution is -2.47. The standard InChI is InChI=1S/C18H21F3N4O2/c1-27-12-17(5-7-22-8-6-17)16(26)24-14-10-23-25(11-14)15-4-2-3-13(9-15)18(19,20)21/h2-4,9-11,22H,5-8,12H2,1H3,(H,24,26). The van der Waals surface area contributed by atoms with Gasteiger partial charge in [0.15, 0.2) is 0 Å². The Bertz CT molecular complexity index is 792. The zero-order valence-electron chi connectivity index (χ0n) is 14.8. The SMILES string of the molecule is COCC1(C(=O)Nc2cnn(-c3cccc(C(F)(F)F)c3)c2)CCNCC1. The van der Waals surface area contributed by atoms with E-state index in [9.17, 15) is 18.0 Å². The van der Waals surface area contributed by atoms with Crippen LogP contribution in [-0.4, -0.2) is 42.5 Å². The van der Waals surface area contributed by atoms with Crippen molar-refractivity contribution in [2.45, 2.75) is 19.0 Å². The molecule has 9 heteroatoms. The van der Waals surface area contributed by atoms with Crippen LogP contribution in [0.3, 0.4) is 0 Å². The number of benzene rings is 1. The average molecular weight is 382 g/mol. The molecule has 0 aliphatic carbocycles. The van der Waals surface area contributed by atoms with E-state index in [2.05, 4.69) is 15.7 Å². The molecule has 1 amide bonds. The van der Waals surface area contributed by atoms with Gasteiger partial charge in [0.1, 0.15) is 0 Å². The van der Waals surface area contributed by atoms with E-state index in [-0.39, 0.29) is 11.6 Å². The minimum absolute atomic E-state index is 0.172. The van der Waals surface area contributed by atoms with Crippen molar-refractivity contribution in [2.24, 2.45) is 5.41 Å². The second kappa shape index (κ2) is 7.69. The maximum atomic E-state index is 12.9. The summed E-state index contributed by atoms with van der Waals surface area (Å²) in [6.45, 7) is 1.75. The first-order chi connectivity index (χ1) is 12.8. The lowest BCUT2D eigenvalue weighted by molar-refractivity contribution is -0.137. The highest BCUT2D eigenvalue weighted by Gasteiger charge is 2.39. The fourth-order valence-electron chi connectivity index (χ4n) is 3.24. The molecule has 1 aromatic heterocycles. The summed E-state index contributed by atoms with van der Waals surface area (Å²) >= 11 is 0. The summed E-state index contributed by atoms with van der Waals surface area (Å²) in [5.74, 6) is -0.172. The van der Waals surface area contributed by atoms with Gasteiger partial charge in [0.25, 0.3) is 0 Å². The quantitative estimate of drug-likeness (QED) is 0.835. The number of ether oxygens (including phenoxy) is 1. The number of alkyl halides is 3. The summed E-state index contributed by atoms with van der Waals surface area (Å²) in [4.78, 5) is 12.8. The molecular weight excluding hydrogens is 361 g/mol. The van der Waals surface area contributed by atoms with Crippen molar-refractivity contribution in [3.05, 3.63) is 42.2 Å². The third kappa shape index (κ3) is 4.30. The predicted octanol–water partition coefficient (Wildman–Crippen LogP) is 2.85. The van der Waals surface area contributed by atoms with Crippen molar-refractivity contribution in [3.63, 3.8) is 0 Å². The maximum Gasteiger partial charge on any atom is 0.416 e. The molecule has 146 valence electrons. The molecule has 1 aromatic carbocycles. The fraction of sp³-hybridized carbons (Fsp3) is 0.444. The fourth-order valence-corrected chi connectivity index (χ4v) is 3.24. The summed E-state index contributed by atoms with van der Waals surface area (Å²) in [5.41, 5.74) is -0.696. The number of piperidine rings is 1. The number of rotatable bonds is 5. The van der Waals surface area contributed by atoms with E-state index in [4.69, 9.17) is 4.74 Å². The Balaban J connectivity index is 1.77. The van der Waals surface area contributed by atoms with Crippen molar-refractivity contribution < 1.29 is 22.7 Å². The summed E-state index contributed by atoms with van der Waals surface area (Å²) in [6.07, 6.45) is -0.223. The molecule has 0 atom stereocenters. The molecule has 2 heterocycles. The van der Waals surface area contributed by atoms with E-state index in [1.165, 1.54) is 29.2 Å². The number of nitrogens with zero attached hydrogens (tertiary/aromatic N) is 2. The molecule has 6 nitrogen and oxygen atoms in total. The van der Waals surface area contributed by atoms with Crippen molar-refractivity contribution in [1.29, 1.82) is 0 Å². The Morgan fingerprint density at radius 3 is 2.78 bits per heavy atom. The lowest BCUT2D eigenvalue weighted by atomic mass is 9.78. The van der Waals surface area contributed by atoms with Crippen molar-refractivity contribution in [2.75, 3.05) is 32.1 Å². The second-order valence-electron chi connectivity index (χ2n) is 6.64. The number of hydrogen-bond donors (Lipinski definition) is 2. The monoisotopic (exact) mass is 382 g/mol. The van der Waals surface area contributed by atoms with Crippen LogP contribution in [0.5, 0.6) is 0 Å². The van der Waals surface area contributed by atoms with Crippen LogP contribution in [0.2, 0.25) is 0 Å². The van der Waals surface area contributed by atoms with Crippen LogP contribution >= 0.6 is 0 Å². The van der Waals surface area contributed by atoms with Gasteiger partial charge in [-0.25, -0.2) is 4.68 Å². The van der Waals surface area contributed by atoms with Crippen molar-refractivity contribution >= 4 is 11.6 Å². The van der Waals surface area contributed by atoms with Gasteiger partial charge in [-0.1, -0.05) is 6.07 Å². The first-order valence-corrected chi connectivity index (χ1v) is 8.57. The Kier molecular flexibility index (Phi) is 5.52. The molecule has 0 bridgehead atoms. The van der Waals surface area contributed by atoms with Gasteiger partial charge in [-0.2, -0.15) is 18.3 Å². The van der Waals surface area contributed by atoms with E-state index < -0.39 is 17.2 Å². The maximum absolute atomic E-state index is 12.9. The third-order valence-corrected chi connectivity index (χ3v) is 4.74. The lowest BCUT2D eigenvalue weighted by Gasteiger charge is -2.35. The summed E-state index contributed by atoms with van der Waals surface area (Å²) < 4.78 is 45.2. The number of halogens is 3. The number of methoxy groups -OCH3 is 1. The number of hydrogen-bond acceptors (Lipinski definition) is 4. The number of amides is 1. The normalized spacial score (nSPS) is 16.9. The first-order valence-electron chi connectivity index (χ1n) is 8.57. The molecule has 3 rings (SSSR count). The van der Waals surface area contributed by atoms with Crippen LogP contribution in [0.15, 0.2) is 36.7 Å². The van der Waals surface area contributed by atoms with Crippen molar-refractivity contribution in [3.8, 4) is 5.69 Å². The number of anilines is 1. The molecule has 27 heavy (non-hydrogen) atoms. The van der Waals surface area contributed by atoms with E-state index in [0.717, 1.165) is 25.2 Å². The Morgan fingerprint density at radius 1 is 1.37 bits per heavy atom. The number of aromatic nitrogens is 2. The highest BCUT2D eigenvalue weighted by Crippen LogP contribution is 2.32. The molecule has 2 aromatic rings. The molecule has 1 fully saturated rings. The number of nitrogens with one attached hydrogen (secondary N) is 2. The third-order valence-electron chi connectivity index (χ3n) is 4.74. The van der Waals surface area contributed by atoms with E-state index in [1.807, 2.05) is 0 Å².